The maximum atomic E-state index is 12.4. The van der Waals surface area contributed by atoms with Crippen LogP contribution in [0.25, 0.3) is 0 Å². The number of methoxy groups -OCH3 is 1. The van der Waals surface area contributed by atoms with Crippen molar-refractivity contribution < 1.29 is 19.4 Å². The van der Waals surface area contributed by atoms with Crippen LogP contribution in [0, 0.1) is 16.7 Å². The molecule has 0 heterocycles. The number of carboxylic acids is 1. The molecule has 1 aliphatic rings. The Balaban J connectivity index is 2.81. The largest absolute Gasteiger partial charge is 0.481 e. The number of amides is 1. The molecule has 1 saturated carbocycles. The second kappa shape index (κ2) is 5.49. The predicted molar refractivity (Wildman–Crippen MR) is 71.7 cm³/mol. The fraction of sp³-hybridized carbons (Fsp3) is 0.857. The molecule has 19 heavy (non-hydrogen) atoms. The van der Waals surface area contributed by atoms with Crippen molar-refractivity contribution in [1.82, 2.24) is 5.32 Å². The average molecular weight is 271 g/mol. The lowest BCUT2D eigenvalue weighted by molar-refractivity contribution is -0.148. The Morgan fingerprint density at radius 2 is 2.00 bits per heavy atom. The maximum Gasteiger partial charge on any atom is 0.307 e. The Bertz CT molecular complexity index is 366. The van der Waals surface area contributed by atoms with E-state index in [1.54, 1.807) is 7.11 Å². The molecule has 110 valence electrons. The van der Waals surface area contributed by atoms with Crippen molar-refractivity contribution in [2.24, 2.45) is 16.7 Å². The molecule has 0 aromatic rings. The van der Waals surface area contributed by atoms with Crippen molar-refractivity contribution >= 4 is 11.9 Å². The molecule has 5 heteroatoms. The third-order valence-electron chi connectivity index (χ3n) is 4.98. The summed E-state index contributed by atoms with van der Waals surface area (Å²) in [6.45, 7) is 7.93. The number of carbonyl (C=O) groups is 2. The first-order valence-electron chi connectivity index (χ1n) is 6.70. The van der Waals surface area contributed by atoms with E-state index in [9.17, 15) is 14.7 Å². The molecule has 3 atom stereocenters. The lowest BCUT2D eigenvalue weighted by atomic mass is 9.65. The summed E-state index contributed by atoms with van der Waals surface area (Å²) < 4.78 is 5.10. The van der Waals surface area contributed by atoms with Crippen molar-refractivity contribution in [3.63, 3.8) is 0 Å². The number of aliphatic carboxylic acids is 1. The van der Waals surface area contributed by atoms with Crippen molar-refractivity contribution in [3.05, 3.63) is 0 Å². The SMILES string of the molecule is COC(C)CNC(=O)C1(C)CCC(C(=O)O)C1(C)C. The molecular formula is C14H25NO4. The maximum absolute atomic E-state index is 12.4. The van der Waals surface area contributed by atoms with Gasteiger partial charge in [0.15, 0.2) is 0 Å². The number of hydrogen-bond acceptors (Lipinski definition) is 3. The Labute approximate surface area is 114 Å². The molecule has 1 aliphatic carbocycles. The van der Waals surface area contributed by atoms with E-state index in [4.69, 9.17) is 4.74 Å². The van der Waals surface area contributed by atoms with E-state index < -0.39 is 22.7 Å². The van der Waals surface area contributed by atoms with Gasteiger partial charge in [0.25, 0.3) is 0 Å². The first-order chi connectivity index (χ1) is 8.66. The molecule has 1 rings (SSSR count). The van der Waals surface area contributed by atoms with Gasteiger partial charge in [-0.3, -0.25) is 9.59 Å². The second-order valence-corrected chi connectivity index (χ2v) is 6.24. The number of rotatable bonds is 5. The molecule has 0 aromatic carbocycles. The average Bonchev–Trinajstić information content (AvgIpc) is 2.58. The van der Waals surface area contributed by atoms with Gasteiger partial charge < -0.3 is 15.2 Å². The fourth-order valence-corrected chi connectivity index (χ4v) is 2.85. The lowest BCUT2D eigenvalue weighted by Crippen LogP contribution is -2.49. The highest BCUT2D eigenvalue weighted by Crippen LogP contribution is 2.56. The molecule has 1 amide bonds. The molecule has 5 nitrogen and oxygen atoms in total. The summed E-state index contributed by atoms with van der Waals surface area (Å²) in [7, 11) is 1.60. The van der Waals surface area contributed by atoms with Crippen molar-refractivity contribution in [1.29, 1.82) is 0 Å². The van der Waals surface area contributed by atoms with Crippen LogP contribution >= 0.6 is 0 Å². The summed E-state index contributed by atoms with van der Waals surface area (Å²) in [5.41, 5.74) is -1.21. The number of ether oxygens (including phenoxy) is 1. The third kappa shape index (κ3) is 2.76. The van der Waals surface area contributed by atoms with Crippen LogP contribution in [-0.2, 0) is 14.3 Å². The minimum atomic E-state index is -0.813. The van der Waals surface area contributed by atoms with Crippen LogP contribution in [0.15, 0.2) is 0 Å². The monoisotopic (exact) mass is 271 g/mol. The van der Waals surface area contributed by atoms with Gasteiger partial charge in [0, 0.05) is 13.7 Å². The highest BCUT2D eigenvalue weighted by Gasteiger charge is 2.58. The topological polar surface area (TPSA) is 75.6 Å². The van der Waals surface area contributed by atoms with Crippen molar-refractivity contribution in [2.75, 3.05) is 13.7 Å². The van der Waals surface area contributed by atoms with Crippen LogP contribution in [0.2, 0.25) is 0 Å². The van der Waals surface area contributed by atoms with Gasteiger partial charge in [-0.15, -0.1) is 0 Å². The zero-order valence-corrected chi connectivity index (χ0v) is 12.4. The molecular weight excluding hydrogens is 246 g/mol. The van der Waals surface area contributed by atoms with Crippen LogP contribution in [0.4, 0.5) is 0 Å². The van der Waals surface area contributed by atoms with Crippen LogP contribution in [0.5, 0.6) is 0 Å². The molecule has 0 aliphatic heterocycles. The van der Waals surface area contributed by atoms with Crippen molar-refractivity contribution in [3.8, 4) is 0 Å². The zero-order chi connectivity index (χ0) is 14.8. The van der Waals surface area contributed by atoms with E-state index in [1.165, 1.54) is 0 Å². The second-order valence-electron chi connectivity index (χ2n) is 6.24. The van der Waals surface area contributed by atoms with Crippen LogP contribution < -0.4 is 5.32 Å². The van der Waals surface area contributed by atoms with E-state index in [1.807, 2.05) is 27.7 Å². The lowest BCUT2D eigenvalue weighted by Gasteiger charge is -2.39. The number of hydrogen-bond donors (Lipinski definition) is 2. The van der Waals surface area contributed by atoms with E-state index in [0.717, 1.165) is 0 Å². The molecule has 0 spiro atoms. The van der Waals surface area contributed by atoms with E-state index in [0.29, 0.717) is 19.4 Å². The molecule has 0 radical (unpaired) electrons. The van der Waals surface area contributed by atoms with Gasteiger partial charge in [0.1, 0.15) is 0 Å². The summed E-state index contributed by atoms with van der Waals surface area (Å²) in [5, 5.41) is 12.1. The molecule has 2 N–H and O–H groups in total. The molecule has 1 fully saturated rings. The Hall–Kier alpha value is -1.10. The number of nitrogens with one attached hydrogen (secondary N) is 1. The van der Waals surface area contributed by atoms with Gasteiger partial charge in [-0.25, -0.2) is 0 Å². The van der Waals surface area contributed by atoms with Crippen molar-refractivity contribution in [2.45, 2.75) is 46.6 Å². The number of carbonyl (C=O) groups excluding carboxylic acids is 1. The summed E-state index contributed by atoms with van der Waals surface area (Å²) in [6, 6.07) is 0. The summed E-state index contributed by atoms with van der Waals surface area (Å²) in [4.78, 5) is 23.7. The summed E-state index contributed by atoms with van der Waals surface area (Å²) >= 11 is 0. The summed E-state index contributed by atoms with van der Waals surface area (Å²) in [6.07, 6.45) is 1.10. The number of carboxylic acid groups (broad SMARTS) is 1. The van der Waals surface area contributed by atoms with Crippen LogP contribution in [0.1, 0.15) is 40.5 Å². The quantitative estimate of drug-likeness (QED) is 0.797. The van der Waals surface area contributed by atoms with Gasteiger partial charge >= 0.3 is 5.97 Å². The standard InChI is InChI=1S/C14H25NO4/c1-9(19-5)8-15-12(18)14(4)7-6-10(11(16)17)13(14,2)3/h9-10H,6-8H2,1-5H3,(H,15,18)(H,16,17). The van der Waals surface area contributed by atoms with E-state index in [2.05, 4.69) is 5.32 Å². The van der Waals surface area contributed by atoms with Gasteiger partial charge in [0.05, 0.1) is 17.4 Å². The third-order valence-corrected chi connectivity index (χ3v) is 4.98. The van der Waals surface area contributed by atoms with Gasteiger partial charge in [-0.2, -0.15) is 0 Å². The Morgan fingerprint density at radius 1 is 1.42 bits per heavy atom. The van der Waals surface area contributed by atoms with Crippen LogP contribution in [0.3, 0.4) is 0 Å². The molecule has 0 bridgehead atoms. The Kier molecular flexibility index (Phi) is 4.61. The van der Waals surface area contributed by atoms with Gasteiger partial charge in [-0.1, -0.05) is 20.8 Å². The minimum Gasteiger partial charge on any atom is -0.481 e. The van der Waals surface area contributed by atoms with Gasteiger partial charge in [0.2, 0.25) is 5.91 Å². The highest BCUT2D eigenvalue weighted by molar-refractivity contribution is 5.85. The summed E-state index contributed by atoms with van der Waals surface area (Å²) in [5.74, 6) is -1.36. The predicted octanol–water partition coefficient (Wildman–Crippen LogP) is 1.66. The fourth-order valence-electron chi connectivity index (χ4n) is 2.85. The molecule has 0 saturated heterocycles. The zero-order valence-electron chi connectivity index (χ0n) is 12.4. The smallest absolute Gasteiger partial charge is 0.307 e. The first kappa shape index (κ1) is 16.0. The minimum absolute atomic E-state index is 0.0488. The first-order valence-corrected chi connectivity index (χ1v) is 6.70. The van der Waals surface area contributed by atoms with Gasteiger partial charge in [-0.05, 0) is 25.2 Å². The highest BCUT2D eigenvalue weighted by atomic mass is 16.5. The van der Waals surface area contributed by atoms with E-state index >= 15 is 0 Å². The normalized spacial score (nSPS) is 30.9. The van der Waals surface area contributed by atoms with E-state index in [-0.39, 0.29) is 12.0 Å². The molecule has 3 unspecified atom stereocenters. The van der Waals surface area contributed by atoms with Crippen LogP contribution in [-0.4, -0.2) is 36.7 Å². The Morgan fingerprint density at radius 3 is 2.42 bits per heavy atom. The molecule has 0 aromatic heterocycles.